The van der Waals surface area contributed by atoms with E-state index in [0.29, 0.717) is 17.4 Å². The number of methoxy groups -OCH3 is 1. The fourth-order valence-corrected chi connectivity index (χ4v) is 3.22. The van der Waals surface area contributed by atoms with Gasteiger partial charge < -0.3 is 15.0 Å². The minimum atomic E-state index is -0.377. The largest absolute Gasteiger partial charge is 0.497 e. The highest BCUT2D eigenvalue weighted by Gasteiger charge is 2.35. The molecule has 23 heavy (non-hydrogen) atoms. The van der Waals surface area contributed by atoms with Gasteiger partial charge in [0.25, 0.3) is 0 Å². The van der Waals surface area contributed by atoms with Crippen LogP contribution in [0.15, 0.2) is 29.6 Å². The number of nitrogens with one attached hydrogen (secondary N) is 1. The molecule has 1 N–H and O–H groups in total. The molecule has 0 aliphatic carbocycles. The maximum atomic E-state index is 12.3. The average molecular weight is 331 g/mol. The monoisotopic (exact) mass is 331 g/mol. The Bertz CT molecular complexity index is 744. The van der Waals surface area contributed by atoms with Crippen molar-refractivity contribution in [1.29, 1.82) is 0 Å². The van der Waals surface area contributed by atoms with Gasteiger partial charge in [0.2, 0.25) is 11.8 Å². The summed E-state index contributed by atoms with van der Waals surface area (Å²) in [7, 11) is 1.58. The SMILES string of the molecule is COc1cccc(N2C[C@@H](C(=O)Nc3nc(C)cs3)CC2=O)c1. The van der Waals surface area contributed by atoms with Crippen molar-refractivity contribution in [3.63, 3.8) is 0 Å². The Kier molecular flexibility index (Phi) is 4.29. The van der Waals surface area contributed by atoms with Gasteiger partial charge in [-0.15, -0.1) is 11.3 Å². The highest BCUT2D eigenvalue weighted by atomic mass is 32.1. The molecule has 1 aromatic carbocycles. The number of amides is 2. The van der Waals surface area contributed by atoms with E-state index in [9.17, 15) is 9.59 Å². The van der Waals surface area contributed by atoms with Crippen LogP contribution in [0.1, 0.15) is 12.1 Å². The van der Waals surface area contributed by atoms with Gasteiger partial charge in [-0.05, 0) is 19.1 Å². The van der Waals surface area contributed by atoms with Crippen molar-refractivity contribution in [2.75, 3.05) is 23.9 Å². The Morgan fingerprint density at radius 3 is 3.00 bits per heavy atom. The molecule has 1 aliphatic heterocycles. The third kappa shape index (κ3) is 3.34. The van der Waals surface area contributed by atoms with Crippen LogP contribution >= 0.6 is 11.3 Å². The van der Waals surface area contributed by atoms with Gasteiger partial charge in [0.05, 0.1) is 18.7 Å². The molecule has 6 nitrogen and oxygen atoms in total. The number of aryl methyl sites for hydroxylation is 1. The Hall–Kier alpha value is -2.41. The normalized spacial score (nSPS) is 17.4. The molecule has 1 atom stereocenters. The van der Waals surface area contributed by atoms with Gasteiger partial charge in [-0.3, -0.25) is 9.59 Å². The Balaban J connectivity index is 1.70. The quantitative estimate of drug-likeness (QED) is 0.934. The maximum absolute atomic E-state index is 12.3. The van der Waals surface area contributed by atoms with Crippen molar-refractivity contribution in [2.45, 2.75) is 13.3 Å². The summed E-state index contributed by atoms with van der Waals surface area (Å²) in [5.74, 6) is 0.0752. The number of aromatic nitrogens is 1. The zero-order chi connectivity index (χ0) is 16.4. The van der Waals surface area contributed by atoms with E-state index < -0.39 is 0 Å². The van der Waals surface area contributed by atoms with E-state index in [0.717, 1.165) is 11.4 Å². The van der Waals surface area contributed by atoms with Crippen LogP contribution < -0.4 is 15.0 Å². The van der Waals surface area contributed by atoms with Gasteiger partial charge in [-0.25, -0.2) is 4.98 Å². The molecule has 2 aromatic rings. The number of hydrogen-bond donors (Lipinski definition) is 1. The molecule has 0 bridgehead atoms. The van der Waals surface area contributed by atoms with Crippen molar-refractivity contribution in [3.8, 4) is 5.75 Å². The smallest absolute Gasteiger partial charge is 0.231 e. The molecule has 2 heterocycles. The second-order valence-corrected chi connectivity index (χ2v) is 6.25. The van der Waals surface area contributed by atoms with Crippen LogP contribution in [0.3, 0.4) is 0 Å². The molecule has 1 fully saturated rings. The number of ether oxygens (including phenoxy) is 1. The first-order valence-electron chi connectivity index (χ1n) is 7.24. The highest BCUT2D eigenvalue weighted by molar-refractivity contribution is 7.13. The third-order valence-corrected chi connectivity index (χ3v) is 4.59. The topological polar surface area (TPSA) is 71.5 Å². The Morgan fingerprint density at radius 1 is 1.48 bits per heavy atom. The molecule has 0 spiro atoms. The highest BCUT2D eigenvalue weighted by Crippen LogP contribution is 2.28. The van der Waals surface area contributed by atoms with E-state index in [4.69, 9.17) is 4.74 Å². The van der Waals surface area contributed by atoms with Gasteiger partial charge in [-0.2, -0.15) is 0 Å². The molecule has 1 aliphatic rings. The Morgan fingerprint density at radius 2 is 2.30 bits per heavy atom. The first-order valence-corrected chi connectivity index (χ1v) is 8.12. The molecular weight excluding hydrogens is 314 g/mol. The molecule has 7 heteroatoms. The number of benzene rings is 1. The number of carbonyl (C=O) groups is 2. The second kappa shape index (κ2) is 6.37. The third-order valence-electron chi connectivity index (χ3n) is 3.71. The molecule has 2 amide bonds. The van der Waals surface area contributed by atoms with Crippen molar-refractivity contribution in [1.82, 2.24) is 4.98 Å². The van der Waals surface area contributed by atoms with Gasteiger partial charge in [0.15, 0.2) is 5.13 Å². The van der Waals surface area contributed by atoms with Gasteiger partial charge in [0, 0.05) is 30.1 Å². The second-order valence-electron chi connectivity index (χ2n) is 5.39. The van der Waals surface area contributed by atoms with Crippen molar-refractivity contribution in [3.05, 3.63) is 35.3 Å². The van der Waals surface area contributed by atoms with Crippen LogP contribution in [0.5, 0.6) is 5.75 Å². The van der Waals surface area contributed by atoms with Crippen LogP contribution in [0.4, 0.5) is 10.8 Å². The predicted molar refractivity (Wildman–Crippen MR) is 88.9 cm³/mol. The molecule has 0 radical (unpaired) electrons. The molecule has 3 rings (SSSR count). The lowest BCUT2D eigenvalue weighted by Gasteiger charge is -2.17. The summed E-state index contributed by atoms with van der Waals surface area (Å²) < 4.78 is 5.18. The molecule has 120 valence electrons. The standard InChI is InChI=1S/C16H17N3O3S/c1-10-9-23-16(17-10)18-15(21)11-6-14(20)19(8-11)12-4-3-5-13(7-12)22-2/h3-5,7,9,11H,6,8H2,1-2H3,(H,17,18,21)/t11-/m0/s1. The summed E-state index contributed by atoms with van der Waals surface area (Å²) >= 11 is 1.38. The van der Waals surface area contributed by atoms with Gasteiger partial charge in [0.1, 0.15) is 5.75 Å². The summed E-state index contributed by atoms with van der Waals surface area (Å²) in [5.41, 5.74) is 1.61. The minimum Gasteiger partial charge on any atom is -0.497 e. The van der Waals surface area contributed by atoms with Crippen molar-refractivity contribution < 1.29 is 14.3 Å². The first-order chi connectivity index (χ1) is 11.1. The maximum Gasteiger partial charge on any atom is 0.231 e. The summed E-state index contributed by atoms with van der Waals surface area (Å²) in [5, 5.41) is 5.23. The van der Waals surface area contributed by atoms with Crippen LogP contribution in [0.2, 0.25) is 0 Å². The minimum absolute atomic E-state index is 0.0614. The predicted octanol–water partition coefficient (Wildman–Crippen LogP) is 2.45. The van der Waals surface area contributed by atoms with Gasteiger partial charge in [-0.1, -0.05) is 6.07 Å². The molecule has 0 unspecified atom stereocenters. The van der Waals surface area contributed by atoms with Crippen LogP contribution in [-0.4, -0.2) is 30.5 Å². The van der Waals surface area contributed by atoms with E-state index in [2.05, 4.69) is 10.3 Å². The van der Waals surface area contributed by atoms with Crippen LogP contribution in [0, 0.1) is 12.8 Å². The molecular formula is C16H17N3O3S. The lowest BCUT2D eigenvalue weighted by atomic mass is 10.1. The Labute approximate surface area is 138 Å². The molecule has 0 saturated carbocycles. The van der Waals surface area contributed by atoms with Crippen molar-refractivity contribution >= 4 is 34.0 Å². The molecule has 1 saturated heterocycles. The van der Waals surface area contributed by atoms with Gasteiger partial charge >= 0.3 is 0 Å². The number of thiazole rings is 1. The zero-order valence-electron chi connectivity index (χ0n) is 12.9. The number of rotatable bonds is 4. The van der Waals surface area contributed by atoms with Crippen molar-refractivity contribution in [2.24, 2.45) is 5.92 Å². The van der Waals surface area contributed by atoms with E-state index in [1.807, 2.05) is 30.5 Å². The van der Waals surface area contributed by atoms with Crippen LogP contribution in [-0.2, 0) is 9.59 Å². The fraction of sp³-hybridized carbons (Fsp3) is 0.312. The lowest BCUT2D eigenvalue weighted by molar-refractivity contribution is -0.122. The number of nitrogens with zero attached hydrogens (tertiary/aromatic N) is 2. The fourth-order valence-electron chi connectivity index (χ4n) is 2.53. The molecule has 1 aromatic heterocycles. The number of anilines is 2. The van der Waals surface area contributed by atoms with E-state index in [1.165, 1.54) is 11.3 Å². The zero-order valence-corrected chi connectivity index (χ0v) is 13.7. The first kappa shape index (κ1) is 15.5. The van der Waals surface area contributed by atoms with E-state index in [-0.39, 0.29) is 24.2 Å². The summed E-state index contributed by atoms with van der Waals surface area (Å²) in [6.45, 7) is 2.23. The average Bonchev–Trinajstić information content (AvgIpc) is 3.13. The summed E-state index contributed by atoms with van der Waals surface area (Å²) in [6.07, 6.45) is 0.202. The lowest BCUT2D eigenvalue weighted by Crippen LogP contribution is -2.28. The summed E-state index contributed by atoms with van der Waals surface area (Å²) in [6, 6.07) is 7.28. The van der Waals surface area contributed by atoms with Crippen LogP contribution in [0.25, 0.3) is 0 Å². The summed E-state index contributed by atoms with van der Waals surface area (Å²) in [4.78, 5) is 30.4. The number of carbonyl (C=O) groups excluding carboxylic acids is 2. The van der Waals surface area contributed by atoms with E-state index in [1.54, 1.807) is 18.1 Å². The number of hydrogen-bond acceptors (Lipinski definition) is 5. The van der Waals surface area contributed by atoms with E-state index >= 15 is 0 Å².